The number of nitrogens with zero attached hydrogens (tertiary/aromatic N) is 3. The van der Waals surface area contributed by atoms with Gasteiger partial charge in [0.2, 0.25) is 0 Å². The summed E-state index contributed by atoms with van der Waals surface area (Å²) in [6.45, 7) is 5.85. The fraction of sp³-hybridized carbons (Fsp3) is 0.700. The maximum absolute atomic E-state index is 8.80. The van der Waals surface area contributed by atoms with Crippen LogP contribution in [0, 0.1) is 13.8 Å². The Bertz CT molecular complexity index is 307. The summed E-state index contributed by atoms with van der Waals surface area (Å²) < 4.78 is 1.90. The first-order chi connectivity index (χ1) is 6.56. The van der Waals surface area contributed by atoms with Gasteiger partial charge in [-0.2, -0.15) is 5.10 Å². The molecule has 0 amide bonds. The molecular weight excluding hydrogens is 178 g/mol. The lowest BCUT2D eigenvalue weighted by Crippen LogP contribution is -2.22. The molecule has 0 bridgehead atoms. The van der Waals surface area contributed by atoms with Gasteiger partial charge in [-0.05, 0) is 20.9 Å². The minimum absolute atomic E-state index is 0.203. The number of likely N-dealkylation sites (N-methyl/N-ethyl adjacent to an activating group) is 1. The van der Waals surface area contributed by atoms with Crippen LogP contribution < -0.4 is 0 Å². The highest BCUT2D eigenvalue weighted by Gasteiger charge is 2.10. The zero-order chi connectivity index (χ0) is 10.7. The molecule has 1 aromatic rings. The van der Waals surface area contributed by atoms with E-state index in [-0.39, 0.29) is 6.61 Å². The highest BCUT2D eigenvalue weighted by molar-refractivity contribution is 5.23. The average Bonchev–Trinajstić information content (AvgIpc) is 2.33. The van der Waals surface area contributed by atoms with Crippen LogP contribution in [0.1, 0.15) is 17.0 Å². The zero-order valence-electron chi connectivity index (χ0n) is 9.41. The van der Waals surface area contributed by atoms with E-state index in [1.807, 2.05) is 25.7 Å². The van der Waals surface area contributed by atoms with E-state index >= 15 is 0 Å². The van der Waals surface area contributed by atoms with Gasteiger partial charge in [0.25, 0.3) is 0 Å². The molecule has 0 unspecified atom stereocenters. The maximum atomic E-state index is 8.80. The van der Waals surface area contributed by atoms with Gasteiger partial charge >= 0.3 is 0 Å². The van der Waals surface area contributed by atoms with E-state index in [2.05, 4.69) is 16.9 Å². The Kier molecular flexibility index (Phi) is 3.66. The van der Waals surface area contributed by atoms with Crippen LogP contribution in [-0.2, 0) is 13.6 Å². The lowest BCUT2D eigenvalue weighted by Gasteiger charge is -2.15. The van der Waals surface area contributed by atoms with Crippen molar-refractivity contribution in [2.75, 3.05) is 20.2 Å². The molecule has 0 aliphatic carbocycles. The molecule has 1 aromatic heterocycles. The Balaban J connectivity index is 2.75. The Morgan fingerprint density at radius 2 is 2.07 bits per heavy atom. The first kappa shape index (κ1) is 11.2. The molecule has 4 heteroatoms. The fourth-order valence-corrected chi connectivity index (χ4v) is 1.57. The number of aliphatic hydroxyl groups excluding tert-OH is 1. The van der Waals surface area contributed by atoms with Crippen molar-refractivity contribution in [3.8, 4) is 0 Å². The van der Waals surface area contributed by atoms with E-state index in [4.69, 9.17) is 5.11 Å². The van der Waals surface area contributed by atoms with E-state index in [1.54, 1.807) is 0 Å². The fourth-order valence-electron chi connectivity index (χ4n) is 1.57. The first-order valence-corrected chi connectivity index (χ1v) is 4.84. The first-order valence-electron chi connectivity index (χ1n) is 4.84. The van der Waals surface area contributed by atoms with Crippen molar-refractivity contribution in [3.05, 3.63) is 17.0 Å². The van der Waals surface area contributed by atoms with Crippen LogP contribution in [0.3, 0.4) is 0 Å². The molecule has 80 valence electrons. The van der Waals surface area contributed by atoms with Crippen molar-refractivity contribution in [2.45, 2.75) is 20.4 Å². The molecule has 0 saturated carbocycles. The summed E-state index contributed by atoms with van der Waals surface area (Å²) in [4.78, 5) is 2.09. The van der Waals surface area contributed by atoms with Crippen LogP contribution in [0.25, 0.3) is 0 Å². The Hall–Kier alpha value is -0.870. The number of aryl methyl sites for hydroxylation is 2. The van der Waals surface area contributed by atoms with Gasteiger partial charge < -0.3 is 5.11 Å². The summed E-state index contributed by atoms with van der Waals surface area (Å²) in [5.41, 5.74) is 3.55. The molecule has 0 aromatic carbocycles. The van der Waals surface area contributed by atoms with Gasteiger partial charge in [-0.1, -0.05) is 0 Å². The lowest BCUT2D eigenvalue weighted by atomic mass is 10.2. The highest BCUT2D eigenvalue weighted by atomic mass is 16.3. The molecule has 1 N–H and O–H groups in total. The van der Waals surface area contributed by atoms with Gasteiger partial charge in [0.15, 0.2) is 0 Å². The largest absolute Gasteiger partial charge is 0.395 e. The van der Waals surface area contributed by atoms with Gasteiger partial charge in [-0.25, -0.2) is 0 Å². The number of hydrogen-bond donors (Lipinski definition) is 1. The van der Waals surface area contributed by atoms with Crippen LogP contribution in [-0.4, -0.2) is 40.0 Å². The minimum atomic E-state index is 0.203. The van der Waals surface area contributed by atoms with Gasteiger partial charge in [-0.15, -0.1) is 0 Å². The number of hydrogen-bond acceptors (Lipinski definition) is 3. The monoisotopic (exact) mass is 197 g/mol. The normalized spacial score (nSPS) is 11.3. The third-order valence-electron chi connectivity index (χ3n) is 2.57. The summed E-state index contributed by atoms with van der Waals surface area (Å²) >= 11 is 0. The van der Waals surface area contributed by atoms with Crippen molar-refractivity contribution < 1.29 is 5.11 Å². The Labute approximate surface area is 85.1 Å². The van der Waals surface area contributed by atoms with E-state index < -0.39 is 0 Å². The molecule has 0 fully saturated rings. The van der Waals surface area contributed by atoms with Crippen molar-refractivity contribution in [2.24, 2.45) is 7.05 Å². The average molecular weight is 197 g/mol. The Morgan fingerprint density at radius 1 is 1.43 bits per heavy atom. The van der Waals surface area contributed by atoms with Crippen LogP contribution in [0.2, 0.25) is 0 Å². The molecule has 0 aliphatic rings. The lowest BCUT2D eigenvalue weighted by molar-refractivity contribution is 0.217. The third kappa shape index (κ3) is 2.33. The predicted molar refractivity (Wildman–Crippen MR) is 56.1 cm³/mol. The highest BCUT2D eigenvalue weighted by Crippen LogP contribution is 2.13. The topological polar surface area (TPSA) is 41.3 Å². The van der Waals surface area contributed by atoms with Gasteiger partial charge in [-0.3, -0.25) is 9.58 Å². The molecule has 0 saturated heterocycles. The van der Waals surface area contributed by atoms with E-state index in [0.717, 1.165) is 12.2 Å². The smallest absolute Gasteiger partial charge is 0.0641 e. The van der Waals surface area contributed by atoms with Gasteiger partial charge in [0.1, 0.15) is 0 Å². The molecule has 14 heavy (non-hydrogen) atoms. The predicted octanol–water partition coefficient (Wildman–Crippen LogP) is 0.461. The summed E-state index contributed by atoms with van der Waals surface area (Å²) in [5.74, 6) is 0. The second kappa shape index (κ2) is 4.57. The Morgan fingerprint density at radius 3 is 2.50 bits per heavy atom. The van der Waals surface area contributed by atoms with E-state index in [0.29, 0.717) is 6.54 Å². The SMILES string of the molecule is Cc1nn(C)c(C)c1CN(C)CCO. The van der Waals surface area contributed by atoms with Crippen molar-refractivity contribution in [1.29, 1.82) is 0 Å². The molecular formula is C10H19N3O. The molecule has 4 nitrogen and oxygen atoms in total. The molecule has 0 atom stereocenters. The molecule has 1 rings (SSSR count). The van der Waals surface area contributed by atoms with Gasteiger partial charge in [0.05, 0.1) is 12.3 Å². The third-order valence-corrected chi connectivity index (χ3v) is 2.57. The maximum Gasteiger partial charge on any atom is 0.0641 e. The van der Waals surface area contributed by atoms with Crippen molar-refractivity contribution in [1.82, 2.24) is 14.7 Å². The standard InChI is InChI=1S/C10H19N3O/c1-8-10(7-12(3)5-6-14)9(2)13(4)11-8/h14H,5-7H2,1-4H3. The second-order valence-electron chi connectivity index (χ2n) is 3.73. The molecule has 0 radical (unpaired) electrons. The zero-order valence-corrected chi connectivity index (χ0v) is 9.41. The minimum Gasteiger partial charge on any atom is -0.395 e. The van der Waals surface area contributed by atoms with Crippen LogP contribution in [0.5, 0.6) is 0 Å². The molecule has 0 spiro atoms. The van der Waals surface area contributed by atoms with Crippen LogP contribution in [0.4, 0.5) is 0 Å². The summed E-state index contributed by atoms with van der Waals surface area (Å²) in [6, 6.07) is 0. The quantitative estimate of drug-likeness (QED) is 0.762. The van der Waals surface area contributed by atoms with Crippen LogP contribution in [0.15, 0.2) is 0 Å². The molecule has 1 heterocycles. The van der Waals surface area contributed by atoms with Crippen molar-refractivity contribution >= 4 is 0 Å². The van der Waals surface area contributed by atoms with Crippen molar-refractivity contribution in [3.63, 3.8) is 0 Å². The number of aromatic nitrogens is 2. The summed E-state index contributed by atoms with van der Waals surface area (Å²) in [5, 5.41) is 13.1. The van der Waals surface area contributed by atoms with Crippen LogP contribution >= 0.6 is 0 Å². The molecule has 0 aliphatic heterocycles. The van der Waals surface area contributed by atoms with E-state index in [9.17, 15) is 0 Å². The number of aliphatic hydroxyl groups is 1. The van der Waals surface area contributed by atoms with E-state index in [1.165, 1.54) is 11.3 Å². The summed E-state index contributed by atoms with van der Waals surface area (Å²) in [7, 11) is 3.96. The van der Waals surface area contributed by atoms with Gasteiger partial charge in [0, 0.05) is 31.4 Å². The number of rotatable bonds is 4. The summed E-state index contributed by atoms with van der Waals surface area (Å²) in [6.07, 6.45) is 0. The second-order valence-corrected chi connectivity index (χ2v) is 3.73.